The number of carbonyl (C=O) groups is 1. The third kappa shape index (κ3) is 3.13. The molecule has 1 aliphatic rings. The van der Waals surface area contributed by atoms with Crippen LogP contribution in [0.5, 0.6) is 0 Å². The van der Waals surface area contributed by atoms with E-state index in [9.17, 15) is 14.3 Å². The molecule has 0 saturated heterocycles. The van der Waals surface area contributed by atoms with Gasteiger partial charge in [-0.05, 0) is 47.4 Å². The van der Waals surface area contributed by atoms with Gasteiger partial charge < -0.3 is 5.11 Å². The third-order valence-corrected chi connectivity index (χ3v) is 4.23. The molecule has 0 unspecified atom stereocenters. The Morgan fingerprint density at radius 2 is 1.95 bits per heavy atom. The SMILES string of the molecule is O=C(O)[C@H]1Cc2ccc(F)cc2CN1Cc1ccc(Cl)cc1. The molecule has 0 aliphatic carbocycles. The Morgan fingerprint density at radius 3 is 2.64 bits per heavy atom. The normalized spacial score (nSPS) is 18.0. The summed E-state index contributed by atoms with van der Waals surface area (Å²) in [4.78, 5) is 13.4. The van der Waals surface area contributed by atoms with E-state index in [0.29, 0.717) is 24.5 Å². The zero-order valence-corrected chi connectivity index (χ0v) is 12.6. The fraction of sp³-hybridized carbons (Fsp3) is 0.235. The van der Waals surface area contributed by atoms with E-state index >= 15 is 0 Å². The first-order valence-electron chi connectivity index (χ1n) is 7.01. The van der Waals surface area contributed by atoms with Gasteiger partial charge in [0.1, 0.15) is 11.9 Å². The van der Waals surface area contributed by atoms with Gasteiger partial charge in [0.25, 0.3) is 0 Å². The maximum absolute atomic E-state index is 13.4. The Kier molecular flexibility index (Phi) is 4.14. The van der Waals surface area contributed by atoms with E-state index in [0.717, 1.165) is 16.7 Å². The van der Waals surface area contributed by atoms with E-state index in [-0.39, 0.29) is 5.82 Å². The lowest BCUT2D eigenvalue weighted by Gasteiger charge is -2.34. The van der Waals surface area contributed by atoms with Gasteiger partial charge in [-0.2, -0.15) is 0 Å². The van der Waals surface area contributed by atoms with E-state index in [1.165, 1.54) is 12.1 Å². The van der Waals surface area contributed by atoms with Crippen LogP contribution in [0.25, 0.3) is 0 Å². The standard InChI is InChI=1S/C17H15ClFNO2/c18-14-4-1-11(2-5-14)9-20-10-13-7-15(19)6-3-12(13)8-16(20)17(21)22/h1-7,16H,8-10H2,(H,21,22)/t16-/m1/s1. The summed E-state index contributed by atoms with van der Waals surface area (Å²) in [6, 6.07) is 11.3. The number of rotatable bonds is 3. The number of halogens is 2. The van der Waals surface area contributed by atoms with Crippen molar-refractivity contribution in [2.24, 2.45) is 0 Å². The lowest BCUT2D eigenvalue weighted by atomic mass is 9.93. The van der Waals surface area contributed by atoms with Gasteiger partial charge in [-0.1, -0.05) is 29.8 Å². The molecule has 1 N–H and O–H groups in total. The van der Waals surface area contributed by atoms with Crippen LogP contribution in [0.15, 0.2) is 42.5 Å². The zero-order valence-electron chi connectivity index (χ0n) is 11.8. The minimum atomic E-state index is -0.857. The lowest BCUT2D eigenvalue weighted by Crippen LogP contribution is -2.45. The number of hydrogen-bond donors (Lipinski definition) is 1. The molecule has 1 atom stereocenters. The molecule has 3 rings (SSSR count). The highest BCUT2D eigenvalue weighted by molar-refractivity contribution is 6.30. The van der Waals surface area contributed by atoms with Crippen molar-refractivity contribution in [2.45, 2.75) is 25.6 Å². The summed E-state index contributed by atoms with van der Waals surface area (Å²) in [7, 11) is 0. The second-order valence-corrected chi connectivity index (χ2v) is 5.94. The summed E-state index contributed by atoms with van der Waals surface area (Å²) in [6.07, 6.45) is 0.387. The highest BCUT2D eigenvalue weighted by Gasteiger charge is 2.31. The fourth-order valence-corrected chi connectivity index (χ4v) is 2.97. The van der Waals surface area contributed by atoms with Gasteiger partial charge in [-0.3, -0.25) is 9.69 Å². The van der Waals surface area contributed by atoms with Crippen molar-refractivity contribution in [3.63, 3.8) is 0 Å². The highest BCUT2D eigenvalue weighted by Crippen LogP contribution is 2.26. The fourth-order valence-electron chi connectivity index (χ4n) is 2.84. The van der Waals surface area contributed by atoms with E-state index in [2.05, 4.69) is 0 Å². The van der Waals surface area contributed by atoms with Gasteiger partial charge in [-0.25, -0.2) is 4.39 Å². The van der Waals surface area contributed by atoms with Gasteiger partial charge >= 0.3 is 5.97 Å². The quantitative estimate of drug-likeness (QED) is 0.941. The topological polar surface area (TPSA) is 40.5 Å². The molecule has 2 aromatic carbocycles. The average molecular weight is 320 g/mol. The molecule has 0 saturated carbocycles. The van der Waals surface area contributed by atoms with Crippen LogP contribution in [-0.2, 0) is 24.3 Å². The van der Waals surface area contributed by atoms with Crippen LogP contribution >= 0.6 is 11.6 Å². The maximum Gasteiger partial charge on any atom is 0.321 e. The van der Waals surface area contributed by atoms with Crippen molar-refractivity contribution in [1.82, 2.24) is 4.90 Å². The first-order chi connectivity index (χ1) is 10.5. The van der Waals surface area contributed by atoms with Gasteiger partial charge in [0.05, 0.1) is 0 Å². The Hall–Kier alpha value is -1.91. The maximum atomic E-state index is 13.4. The summed E-state index contributed by atoms with van der Waals surface area (Å²) < 4.78 is 13.4. The molecule has 1 heterocycles. The number of carboxylic acid groups (broad SMARTS) is 1. The minimum absolute atomic E-state index is 0.293. The highest BCUT2D eigenvalue weighted by atomic mass is 35.5. The van der Waals surface area contributed by atoms with E-state index in [1.54, 1.807) is 18.2 Å². The summed E-state index contributed by atoms with van der Waals surface area (Å²) >= 11 is 5.87. The number of hydrogen-bond acceptors (Lipinski definition) is 2. The third-order valence-electron chi connectivity index (χ3n) is 3.98. The van der Waals surface area contributed by atoms with Crippen LogP contribution in [0.1, 0.15) is 16.7 Å². The molecule has 5 heteroatoms. The van der Waals surface area contributed by atoms with Crippen LogP contribution in [0, 0.1) is 5.82 Å². The zero-order chi connectivity index (χ0) is 15.7. The molecular weight excluding hydrogens is 305 g/mol. The van der Waals surface area contributed by atoms with E-state index < -0.39 is 12.0 Å². The lowest BCUT2D eigenvalue weighted by molar-refractivity contribution is -0.144. The number of fused-ring (bicyclic) bond motifs is 1. The molecule has 0 radical (unpaired) electrons. The van der Waals surface area contributed by atoms with Crippen LogP contribution in [0.4, 0.5) is 4.39 Å². The minimum Gasteiger partial charge on any atom is -0.480 e. The predicted molar refractivity (Wildman–Crippen MR) is 82.2 cm³/mol. The molecule has 22 heavy (non-hydrogen) atoms. The van der Waals surface area contributed by atoms with Gasteiger partial charge in [-0.15, -0.1) is 0 Å². The molecule has 0 spiro atoms. The number of benzene rings is 2. The molecule has 1 aliphatic heterocycles. The van der Waals surface area contributed by atoms with Gasteiger partial charge in [0.2, 0.25) is 0 Å². The molecule has 0 amide bonds. The second-order valence-electron chi connectivity index (χ2n) is 5.50. The number of nitrogens with zero attached hydrogens (tertiary/aromatic N) is 1. The summed E-state index contributed by atoms with van der Waals surface area (Å²) in [5.41, 5.74) is 2.74. The molecular formula is C17H15ClFNO2. The van der Waals surface area contributed by atoms with Crippen molar-refractivity contribution in [2.75, 3.05) is 0 Å². The van der Waals surface area contributed by atoms with Crippen molar-refractivity contribution < 1.29 is 14.3 Å². The first-order valence-corrected chi connectivity index (χ1v) is 7.39. The van der Waals surface area contributed by atoms with Crippen LogP contribution in [-0.4, -0.2) is 22.0 Å². The Bertz CT molecular complexity index is 702. The number of aliphatic carboxylic acids is 1. The number of carboxylic acids is 1. The monoisotopic (exact) mass is 319 g/mol. The average Bonchev–Trinajstić information content (AvgIpc) is 2.48. The molecule has 0 fully saturated rings. The Morgan fingerprint density at radius 1 is 1.23 bits per heavy atom. The largest absolute Gasteiger partial charge is 0.480 e. The molecule has 0 aromatic heterocycles. The van der Waals surface area contributed by atoms with Crippen molar-refractivity contribution >= 4 is 17.6 Å². The Balaban J connectivity index is 1.87. The van der Waals surface area contributed by atoms with E-state index in [1.807, 2.05) is 17.0 Å². The predicted octanol–water partition coefficient (Wildman–Crippen LogP) is 3.49. The van der Waals surface area contributed by atoms with Crippen molar-refractivity contribution in [3.8, 4) is 0 Å². The molecule has 0 bridgehead atoms. The molecule has 114 valence electrons. The first kappa shape index (κ1) is 15.0. The van der Waals surface area contributed by atoms with Gasteiger partial charge in [0, 0.05) is 18.1 Å². The Labute approximate surface area is 132 Å². The smallest absolute Gasteiger partial charge is 0.321 e. The van der Waals surface area contributed by atoms with Crippen molar-refractivity contribution in [3.05, 3.63) is 70.0 Å². The molecule has 3 nitrogen and oxygen atoms in total. The van der Waals surface area contributed by atoms with Crippen molar-refractivity contribution in [1.29, 1.82) is 0 Å². The van der Waals surface area contributed by atoms with E-state index in [4.69, 9.17) is 11.6 Å². The van der Waals surface area contributed by atoms with Gasteiger partial charge in [0.15, 0.2) is 0 Å². The summed E-state index contributed by atoms with van der Waals surface area (Å²) in [5, 5.41) is 10.1. The van der Waals surface area contributed by atoms with Crippen LogP contribution < -0.4 is 0 Å². The van der Waals surface area contributed by atoms with Crippen LogP contribution in [0.3, 0.4) is 0 Å². The summed E-state index contributed by atoms with van der Waals surface area (Å²) in [5.74, 6) is -1.15. The van der Waals surface area contributed by atoms with Crippen LogP contribution in [0.2, 0.25) is 5.02 Å². The second kappa shape index (κ2) is 6.07. The summed E-state index contributed by atoms with van der Waals surface area (Å²) in [6.45, 7) is 0.913. The molecule has 2 aromatic rings.